The Kier molecular flexibility index (Phi) is 21.6. The zero-order valence-corrected chi connectivity index (χ0v) is 25.6. The van der Waals surface area contributed by atoms with Crippen molar-refractivity contribution < 1.29 is 28.6 Å². The van der Waals surface area contributed by atoms with Gasteiger partial charge >= 0.3 is 11.9 Å². The number of ether oxygens (including phenoxy) is 3. The molecule has 0 bridgehead atoms. The maximum absolute atomic E-state index is 12.4. The number of hydrogen-bond acceptors (Lipinski definition) is 6. The number of carbonyl (C=O) groups is 3. The Bertz CT molecular complexity index is 1050. The van der Waals surface area contributed by atoms with E-state index in [9.17, 15) is 14.4 Å². The second-order valence-electron chi connectivity index (χ2n) is 9.49. The molecule has 7 heteroatoms. The SMILES string of the molecule is CC/C=C\C/C=C\C/C=C\C/C=C\C/C=C\CCCCOC(CC)C(=O)NCCOC(=O)c1ccccc1OC(C)=O. The zero-order valence-electron chi connectivity index (χ0n) is 25.6. The number of rotatable bonds is 22. The molecular formula is C35H49NO6. The van der Waals surface area contributed by atoms with Crippen molar-refractivity contribution in [2.24, 2.45) is 0 Å². The molecule has 230 valence electrons. The Morgan fingerprint density at radius 1 is 0.786 bits per heavy atom. The number of nitrogens with one attached hydrogen (secondary N) is 1. The van der Waals surface area contributed by atoms with Crippen LogP contribution in [0.25, 0.3) is 0 Å². The highest BCUT2D eigenvalue weighted by Crippen LogP contribution is 2.19. The van der Waals surface area contributed by atoms with Crippen molar-refractivity contribution in [2.75, 3.05) is 19.8 Å². The molecule has 0 heterocycles. The molecule has 1 atom stereocenters. The summed E-state index contributed by atoms with van der Waals surface area (Å²) in [5, 5.41) is 2.74. The van der Waals surface area contributed by atoms with Crippen molar-refractivity contribution in [3.63, 3.8) is 0 Å². The molecule has 1 aromatic rings. The molecule has 0 saturated heterocycles. The molecule has 1 rings (SSSR count). The van der Waals surface area contributed by atoms with Gasteiger partial charge in [0.15, 0.2) is 0 Å². The van der Waals surface area contributed by atoms with Crippen LogP contribution in [-0.2, 0) is 19.1 Å². The summed E-state index contributed by atoms with van der Waals surface area (Å²) in [5.41, 5.74) is 0.151. The van der Waals surface area contributed by atoms with E-state index in [0.717, 1.165) is 51.4 Å². The van der Waals surface area contributed by atoms with Gasteiger partial charge in [-0.15, -0.1) is 0 Å². The van der Waals surface area contributed by atoms with Crippen molar-refractivity contribution in [3.05, 3.63) is 90.6 Å². The maximum Gasteiger partial charge on any atom is 0.342 e. The van der Waals surface area contributed by atoms with Crippen LogP contribution < -0.4 is 10.1 Å². The first-order valence-electron chi connectivity index (χ1n) is 15.1. The van der Waals surface area contributed by atoms with E-state index in [0.29, 0.717) is 13.0 Å². The average Bonchev–Trinajstić information content (AvgIpc) is 2.98. The van der Waals surface area contributed by atoms with Gasteiger partial charge in [0, 0.05) is 13.5 Å². The summed E-state index contributed by atoms with van der Waals surface area (Å²) >= 11 is 0. The van der Waals surface area contributed by atoms with Gasteiger partial charge in [-0.05, 0) is 69.9 Å². The molecule has 0 aliphatic heterocycles. The average molecular weight is 580 g/mol. The molecule has 1 amide bonds. The van der Waals surface area contributed by atoms with Crippen molar-refractivity contribution in [1.82, 2.24) is 5.32 Å². The molecule has 0 saturated carbocycles. The van der Waals surface area contributed by atoms with Crippen molar-refractivity contribution >= 4 is 17.8 Å². The summed E-state index contributed by atoms with van der Waals surface area (Å²) in [4.78, 5) is 36.0. The fourth-order valence-electron chi connectivity index (χ4n) is 3.73. The Labute approximate surface area is 252 Å². The van der Waals surface area contributed by atoms with Gasteiger partial charge in [0.25, 0.3) is 0 Å². The number of benzene rings is 1. The summed E-state index contributed by atoms with van der Waals surface area (Å²) in [5.74, 6) is -1.24. The minimum Gasteiger partial charge on any atom is -0.460 e. The maximum atomic E-state index is 12.4. The normalized spacial score (nSPS) is 12.6. The lowest BCUT2D eigenvalue weighted by Gasteiger charge is -2.16. The minimum absolute atomic E-state index is 0.0112. The molecule has 42 heavy (non-hydrogen) atoms. The third-order valence-electron chi connectivity index (χ3n) is 5.90. The largest absolute Gasteiger partial charge is 0.460 e. The lowest BCUT2D eigenvalue weighted by molar-refractivity contribution is -0.133. The van der Waals surface area contributed by atoms with Crippen LogP contribution in [0, 0.1) is 0 Å². The van der Waals surface area contributed by atoms with E-state index in [1.54, 1.807) is 12.1 Å². The van der Waals surface area contributed by atoms with Gasteiger partial charge in [0.2, 0.25) is 5.91 Å². The van der Waals surface area contributed by atoms with E-state index in [4.69, 9.17) is 14.2 Å². The van der Waals surface area contributed by atoms with Crippen LogP contribution in [0.1, 0.15) is 88.9 Å². The third-order valence-corrected chi connectivity index (χ3v) is 5.90. The fraction of sp³-hybridized carbons (Fsp3) is 0.457. The summed E-state index contributed by atoms with van der Waals surface area (Å²) in [6.45, 7) is 5.96. The van der Waals surface area contributed by atoms with Gasteiger partial charge in [0.05, 0.1) is 6.54 Å². The molecule has 0 aliphatic carbocycles. The van der Waals surface area contributed by atoms with Crippen molar-refractivity contribution in [1.29, 1.82) is 0 Å². The van der Waals surface area contributed by atoms with Gasteiger partial charge in [0.1, 0.15) is 24.0 Å². The van der Waals surface area contributed by atoms with E-state index < -0.39 is 18.0 Å². The van der Waals surface area contributed by atoms with Crippen LogP contribution in [0.2, 0.25) is 0 Å². The smallest absolute Gasteiger partial charge is 0.342 e. The number of amides is 1. The second-order valence-corrected chi connectivity index (χ2v) is 9.49. The highest BCUT2D eigenvalue weighted by Gasteiger charge is 2.18. The first-order valence-corrected chi connectivity index (χ1v) is 15.1. The van der Waals surface area contributed by atoms with Gasteiger partial charge in [-0.1, -0.05) is 86.7 Å². The molecule has 1 aromatic carbocycles. The standard InChI is InChI=1S/C35H49NO6/c1-4-6-7-8-9-10-11-12-13-14-15-16-17-18-19-20-21-24-28-40-32(5-2)34(38)36-27-29-41-35(39)31-25-22-23-26-33(31)42-30(3)37/h6-7,9-10,12-13,15-16,18-19,22-23,25-26,32H,4-5,8,11,14,17,20-21,24,27-29H2,1-3H3,(H,36,38)/b7-6-,10-9-,13-12-,16-15-,19-18-. The first kappa shape index (κ1) is 36.3. The molecule has 0 aliphatic rings. The minimum atomic E-state index is -0.628. The monoisotopic (exact) mass is 579 g/mol. The molecule has 0 fully saturated rings. The summed E-state index contributed by atoms with van der Waals surface area (Å²) < 4.78 is 16.0. The van der Waals surface area contributed by atoms with Crippen LogP contribution in [-0.4, -0.2) is 43.7 Å². The Morgan fingerprint density at radius 3 is 1.98 bits per heavy atom. The fourth-order valence-corrected chi connectivity index (χ4v) is 3.73. The Hall–Kier alpha value is -3.71. The molecule has 1 N–H and O–H groups in total. The molecule has 0 spiro atoms. The second kappa shape index (κ2) is 25.0. The first-order chi connectivity index (χ1) is 20.5. The number of unbranched alkanes of at least 4 members (excludes halogenated alkanes) is 2. The molecule has 0 radical (unpaired) electrons. The van der Waals surface area contributed by atoms with Gasteiger partial charge in [-0.25, -0.2) is 4.79 Å². The molecule has 7 nitrogen and oxygen atoms in total. The van der Waals surface area contributed by atoms with Crippen molar-refractivity contribution in [3.8, 4) is 5.75 Å². The summed E-state index contributed by atoms with van der Waals surface area (Å²) in [6, 6.07) is 6.34. The van der Waals surface area contributed by atoms with Crippen LogP contribution in [0.5, 0.6) is 5.75 Å². The Morgan fingerprint density at radius 2 is 1.38 bits per heavy atom. The van der Waals surface area contributed by atoms with Crippen LogP contribution in [0.4, 0.5) is 0 Å². The van der Waals surface area contributed by atoms with E-state index in [2.05, 4.69) is 73.0 Å². The molecular weight excluding hydrogens is 530 g/mol. The van der Waals surface area contributed by atoms with Gasteiger partial charge < -0.3 is 19.5 Å². The zero-order chi connectivity index (χ0) is 30.7. The van der Waals surface area contributed by atoms with Gasteiger partial charge in [-0.3, -0.25) is 9.59 Å². The highest BCUT2D eigenvalue weighted by molar-refractivity contribution is 5.93. The van der Waals surface area contributed by atoms with Crippen LogP contribution in [0.3, 0.4) is 0 Å². The lowest BCUT2D eigenvalue weighted by atomic mass is 10.2. The van der Waals surface area contributed by atoms with Gasteiger partial charge in [-0.2, -0.15) is 0 Å². The number of esters is 2. The van der Waals surface area contributed by atoms with E-state index in [-0.39, 0.29) is 30.4 Å². The number of hydrogen-bond donors (Lipinski definition) is 1. The number of allylic oxidation sites excluding steroid dienone is 10. The molecule has 1 unspecified atom stereocenters. The Balaban J connectivity index is 2.12. The predicted molar refractivity (Wildman–Crippen MR) is 169 cm³/mol. The van der Waals surface area contributed by atoms with Crippen LogP contribution in [0.15, 0.2) is 85.0 Å². The lowest BCUT2D eigenvalue weighted by Crippen LogP contribution is -2.38. The summed E-state index contributed by atoms with van der Waals surface area (Å²) in [7, 11) is 0. The highest BCUT2D eigenvalue weighted by atomic mass is 16.5. The number of carbonyl (C=O) groups excluding carboxylic acids is 3. The van der Waals surface area contributed by atoms with Crippen LogP contribution >= 0.6 is 0 Å². The van der Waals surface area contributed by atoms with E-state index >= 15 is 0 Å². The molecule has 0 aromatic heterocycles. The quantitative estimate of drug-likeness (QED) is 0.0658. The number of para-hydroxylation sites is 1. The van der Waals surface area contributed by atoms with E-state index in [1.165, 1.54) is 19.1 Å². The topological polar surface area (TPSA) is 90.9 Å². The predicted octanol–water partition coefficient (Wildman–Crippen LogP) is 7.60. The van der Waals surface area contributed by atoms with E-state index in [1.807, 2.05) is 6.92 Å². The third kappa shape index (κ3) is 18.6. The summed E-state index contributed by atoms with van der Waals surface area (Å²) in [6.07, 6.45) is 29.7. The van der Waals surface area contributed by atoms with Crippen molar-refractivity contribution in [2.45, 2.75) is 84.7 Å².